The van der Waals surface area contributed by atoms with E-state index in [2.05, 4.69) is 0 Å². The third-order valence-corrected chi connectivity index (χ3v) is 4.11. The maximum absolute atomic E-state index is 11.4. The first-order chi connectivity index (χ1) is 7.16. The lowest BCUT2D eigenvalue weighted by molar-refractivity contribution is -0.150. The maximum atomic E-state index is 11.4. The van der Waals surface area contributed by atoms with Crippen molar-refractivity contribution in [1.29, 1.82) is 0 Å². The Hall–Kier alpha value is -1.06. The molecule has 2 aliphatic carbocycles. The lowest BCUT2D eigenvalue weighted by atomic mass is 9.80. The predicted molar refractivity (Wildman–Crippen MR) is 49.7 cm³/mol. The molecule has 3 aliphatic rings. The summed E-state index contributed by atoms with van der Waals surface area (Å²) in [6, 6.07) is 0. The minimum Gasteiger partial charge on any atom is -0.465 e. The number of esters is 2. The Morgan fingerprint density at radius 1 is 1.40 bits per heavy atom. The molecule has 3 rings (SSSR count). The molecule has 0 N–H and O–H groups in total. The highest BCUT2D eigenvalue weighted by Crippen LogP contribution is 2.55. The minimum atomic E-state index is -0.214. The van der Waals surface area contributed by atoms with Gasteiger partial charge in [-0.15, -0.1) is 0 Å². The quantitative estimate of drug-likeness (QED) is 0.599. The molecule has 0 aromatic rings. The van der Waals surface area contributed by atoms with Crippen LogP contribution in [0, 0.1) is 23.7 Å². The summed E-state index contributed by atoms with van der Waals surface area (Å²) in [6.45, 7) is 1.97. The molecule has 0 aromatic heterocycles. The number of carbonyl (C=O) groups is 2. The fourth-order valence-electron chi connectivity index (χ4n) is 3.65. The fourth-order valence-corrected chi connectivity index (χ4v) is 3.65. The molecule has 5 atom stereocenters. The summed E-state index contributed by atoms with van der Waals surface area (Å²) in [5.41, 5.74) is 0. The highest BCUT2D eigenvalue weighted by atomic mass is 16.5. The second kappa shape index (κ2) is 2.97. The summed E-state index contributed by atoms with van der Waals surface area (Å²) < 4.78 is 10.4. The van der Waals surface area contributed by atoms with Crippen molar-refractivity contribution in [2.24, 2.45) is 23.7 Å². The van der Waals surface area contributed by atoms with E-state index in [-0.39, 0.29) is 24.0 Å². The van der Waals surface area contributed by atoms with Gasteiger partial charge >= 0.3 is 11.9 Å². The summed E-state index contributed by atoms with van der Waals surface area (Å²) in [4.78, 5) is 22.4. The molecule has 5 unspecified atom stereocenters. The van der Waals surface area contributed by atoms with Crippen molar-refractivity contribution in [3.63, 3.8) is 0 Å². The van der Waals surface area contributed by atoms with Crippen LogP contribution >= 0.6 is 0 Å². The van der Waals surface area contributed by atoms with E-state index in [0.29, 0.717) is 24.4 Å². The Labute approximate surface area is 87.9 Å². The molecule has 82 valence electrons. The molecule has 0 amide bonds. The molecule has 4 nitrogen and oxygen atoms in total. The molecule has 0 spiro atoms. The van der Waals surface area contributed by atoms with E-state index < -0.39 is 0 Å². The molecule has 0 aromatic carbocycles. The van der Waals surface area contributed by atoms with Crippen LogP contribution in [-0.2, 0) is 19.1 Å². The summed E-state index contributed by atoms with van der Waals surface area (Å²) in [5.74, 6) is 0.903. The smallest absolute Gasteiger partial charge is 0.309 e. The molecule has 4 heteroatoms. The molecule has 0 radical (unpaired) electrons. The van der Waals surface area contributed by atoms with Gasteiger partial charge in [-0.1, -0.05) is 0 Å². The second-order valence-electron chi connectivity index (χ2n) is 4.86. The summed E-state index contributed by atoms with van der Waals surface area (Å²) >= 11 is 0. The van der Waals surface area contributed by atoms with Crippen LogP contribution in [0.3, 0.4) is 0 Å². The SMILES string of the molecule is CC(=O)OC1CC2CC1C1COC(=O)C21. The fraction of sp³-hybridized carbons (Fsp3) is 0.818. The average molecular weight is 210 g/mol. The average Bonchev–Trinajstić information content (AvgIpc) is 2.76. The van der Waals surface area contributed by atoms with Crippen LogP contribution in [0.25, 0.3) is 0 Å². The van der Waals surface area contributed by atoms with E-state index >= 15 is 0 Å². The lowest BCUT2D eigenvalue weighted by Crippen LogP contribution is -2.34. The molecule has 15 heavy (non-hydrogen) atoms. The number of fused-ring (bicyclic) bond motifs is 5. The van der Waals surface area contributed by atoms with Crippen molar-refractivity contribution in [3.05, 3.63) is 0 Å². The van der Waals surface area contributed by atoms with E-state index in [0.717, 1.165) is 12.8 Å². The van der Waals surface area contributed by atoms with Crippen LogP contribution in [0.2, 0.25) is 0 Å². The van der Waals surface area contributed by atoms with Crippen LogP contribution in [-0.4, -0.2) is 24.6 Å². The van der Waals surface area contributed by atoms with Crippen molar-refractivity contribution < 1.29 is 19.1 Å². The summed E-state index contributed by atoms with van der Waals surface area (Å²) in [5, 5.41) is 0. The van der Waals surface area contributed by atoms with Gasteiger partial charge in [0.25, 0.3) is 0 Å². The molecule has 3 fully saturated rings. The van der Waals surface area contributed by atoms with E-state index in [1.165, 1.54) is 6.92 Å². The Morgan fingerprint density at radius 3 is 2.93 bits per heavy atom. The van der Waals surface area contributed by atoms with Crippen molar-refractivity contribution >= 4 is 11.9 Å². The van der Waals surface area contributed by atoms with E-state index in [1.54, 1.807) is 0 Å². The van der Waals surface area contributed by atoms with Crippen LogP contribution in [0.1, 0.15) is 19.8 Å². The molecule has 2 saturated carbocycles. The Balaban J connectivity index is 1.77. The summed E-state index contributed by atoms with van der Waals surface area (Å²) in [7, 11) is 0. The molecule has 2 bridgehead atoms. The molecule has 1 aliphatic heterocycles. The number of cyclic esters (lactones) is 1. The third-order valence-electron chi connectivity index (χ3n) is 4.11. The van der Waals surface area contributed by atoms with Gasteiger partial charge in [0.05, 0.1) is 12.5 Å². The third kappa shape index (κ3) is 1.20. The Bertz CT molecular complexity index is 325. The molecular formula is C11H14O4. The van der Waals surface area contributed by atoms with Gasteiger partial charge in [-0.05, 0) is 18.8 Å². The van der Waals surface area contributed by atoms with Gasteiger partial charge in [0.1, 0.15) is 6.10 Å². The number of rotatable bonds is 1. The van der Waals surface area contributed by atoms with Gasteiger partial charge < -0.3 is 9.47 Å². The van der Waals surface area contributed by atoms with Gasteiger partial charge in [-0.3, -0.25) is 9.59 Å². The zero-order valence-electron chi connectivity index (χ0n) is 8.64. The van der Waals surface area contributed by atoms with Crippen molar-refractivity contribution in [2.75, 3.05) is 6.61 Å². The van der Waals surface area contributed by atoms with Gasteiger partial charge in [-0.2, -0.15) is 0 Å². The first-order valence-electron chi connectivity index (χ1n) is 5.50. The number of hydrogen-bond donors (Lipinski definition) is 0. The highest BCUT2D eigenvalue weighted by Gasteiger charge is 2.59. The first-order valence-corrected chi connectivity index (χ1v) is 5.50. The molecule has 1 heterocycles. The number of hydrogen-bond acceptors (Lipinski definition) is 4. The van der Waals surface area contributed by atoms with Gasteiger partial charge in [-0.25, -0.2) is 0 Å². The van der Waals surface area contributed by atoms with Crippen molar-refractivity contribution in [1.82, 2.24) is 0 Å². The van der Waals surface area contributed by atoms with Crippen LogP contribution < -0.4 is 0 Å². The van der Waals surface area contributed by atoms with E-state index in [4.69, 9.17) is 9.47 Å². The Morgan fingerprint density at radius 2 is 2.20 bits per heavy atom. The van der Waals surface area contributed by atoms with E-state index in [1.807, 2.05) is 0 Å². The lowest BCUT2D eigenvalue weighted by Gasteiger charge is -2.27. The largest absolute Gasteiger partial charge is 0.465 e. The van der Waals surface area contributed by atoms with Crippen LogP contribution in [0.5, 0.6) is 0 Å². The zero-order chi connectivity index (χ0) is 10.6. The predicted octanol–water partition coefficient (Wildman–Crippen LogP) is 0.747. The van der Waals surface area contributed by atoms with Crippen LogP contribution in [0.4, 0.5) is 0 Å². The maximum Gasteiger partial charge on any atom is 0.309 e. The zero-order valence-corrected chi connectivity index (χ0v) is 8.64. The van der Waals surface area contributed by atoms with Gasteiger partial charge in [0.15, 0.2) is 0 Å². The van der Waals surface area contributed by atoms with Gasteiger partial charge in [0.2, 0.25) is 0 Å². The number of ether oxygens (including phenoxy) is 2. The van der Waals surface area contributed by atoms with Crippen molar-refractivity contribution in [2.45, 2.75) is 25.9 Å². The summed E-state index contributed by atoms with van der Waals surface area (Å²) in [6.07, 6.45) is 1.91. The standard InChI is InChI=1S/C11H14O4/c1-5(12)15-9-3-6-2-7(9)8-4-14-11(13)10(6)8/h6-10H,2-4H2,1H3. The molecule has 1 saturated heterocycles. The van der Waals surface area contributed by atoms with Gasteiger partial charge in [0, 0.05) is 18.8 Å². The van der Waals surface area contributed by atoms with Crippen molar-refractivity contribution in [3.8, 4) is 0 Å². The van der Waals surface area contributed by atoms with E-state index in [9.17, 15) is 9.59 Å². The first kappa shape index (κ1) is 9.19. The topological polar surface area (TPSA) is 52.6 Å². The Kier molecular flexibility index (Phi) is 1.82. The highest BCUT2D eigenvalue weighted by molar-refractivity contribution is 5.76. The number of carbonyl (C=O) groups excluding carboxylic acids is 2. The minimum absolute atomic E-state index is 0.0308. The van der Waals surface area contributed by atoms with Crippen LogP contribution in [0.15, 0.2) is 0 Å². The monoisotopic (exact) mass is 210 g/mol. The molecular weight excluding hydrogens is 196 g/mol. The normalized spacial score (nSPS) is 46.5. The second-order valence-corrected chi connectivity index (χ2v) is 4.86.